The van der Waals surface area contributed by atoms with Gasteiger partial charge in [0.2, 0.25) is 5.75 Å². The van der Waals surface area contributed by atoms with Crippen molar-refractivity contribution in [1.82, 2.24) is 0 Å². The lowest BCUT2D eigenvalue weighted by molar-refractivity contribution is 0.357. The highest BCUT2D eigenvalue weighted by Gasteiger charge is 2.24. The Hall–Kier alpha value is -0.740. The zero-order valence-corrected chi connectivity index (χ0v) is 9.44. The number of benzene rings is 1. The largest absolute Gasteiger partial charge is 0.504 e. The van der Waals surface area contributed by atoms with Crippen LogP contribution in [0.25, 0.3) is 0 Å². The molecule has 14 heavy (non-hydrogen) atoms. The SMILES string of the molecule is O=S(=O)(O)c1c(I)cc(O)c(O)c1O. The van der Waals surface area contributed by atoms with Gasteiger partial charge in [0.05, 0.1) is 0 Å². The number of phenolic OH excluding ortho intramolecular Hbond substituents is 3. The van der Waals surface area contributed by atoms with Crippen molar-refractivity contribution in [2.75, 3.05) is 0 Å². The van der Waals surface area contributed by atoms with Crippen LogP contribution in [-0.4, -0.2) is 28.3 Å². The molecule has 0 aromatic heterocycles. The summed E-state index contributed by atoms with van der Waals surface area (Å²) < 4.78 is 30.1. The van der Waals surface area contributed by atoms with E-state index in [9.17, 15) is 8.42 Å². The quantitative estimate of drug-likeness (QED) is 0.341. The maximum absolute atomic E-state index is 10.7. The van der Waals surface area contributed by atoms with Gasteiger partial charge in [-0.05, 0) is 28.7 Å². The summed E-state index contributed by atoms with van der Waals surface area (Å²) in [5.74, 6) is -2.73. The Bertz CT molecular complexity index is 480. The van der Waals surface area contributed by atoms with Crippen molar-refractivity contribution in [3.63, 3.8) is 0 Å². The first kappa shape index (κ1) is 11.3. The van der Waals surface area contributed by atoms with Gasteiger partial charge in [-0.15, -0.1) is 0 Å². The van der Waals surface area contributed by atoms with Crippen molar-refractivity contribution < 1.29 is 28.3 Å². The highest BCUT2D eigenvalue weighted by atomic mass is 127. The molecule has 0 saturated heterocycles. The molecule has 0 amide bonds. The summed E-state index contributed by atoms with van der Waals surface area (Å²) in [5.41, 5.74) is 0. The van der Waals surface area contributed by atoms with E-state index >= 15 is 0 Å². The molecule has 0 aliphatic heterocycles. The van der Waals surface area contributed by atoms with Crippen molar-refractivity contribution >= 4 is 32.7 Å². The van der Waals surface area contributed by atoms with E-state index in [-0.39, 0.29) is 3.57 Å². The second-order valence-corrected chi connectivity index (χ2v) is 4.90. The van der Waals surface area contributed by atoms with Crippen LogP contribution in [-0.2, 0) is 10.1 Å². The number of aromatic hydroxyl groups is 3. The third kappa shape index (κ3) is 1.86. The Kier molecular flexibility index (Phi) is 2.78. The molecule has 1 aromatic carbocycles. The molecule has 0 atom stereocenters. The average molecular weight is 332 g/mol. The molecule has 1 aromatic rings. The van der Waals surface area contributed by atoms with Gasteiger partial charge in [-0.1, -0.05) is 0 Å². The third-order valence-electron chi connectivity index (χ3n) is 1.42. The smallest absolute Gasteiger partial charge is 0.299 e. The molecule has 0 fully saturated rings. The normalized spacial score (nSPS) is 11.6. The summed E-state index contributed by atoms with van der Waals surface area (Å²) in [6.45, 7) is 0. The van der Waals surface area contributed by atoms with Crippen LogP contribution in [0.1, 0.15) is 0 Å². The third-order valence-corrected chi connectivity index (χ3v) is 3.57. The Morgan fingerprint density at radius 3 is 2.07 bits per heavy atom. The Morgan fingerprint density at radius 1 is 1.14 bits per heavy atom. The van der Waals surface area contributed by atoms with E-state index in [1.165, 1.54) is 22.6 Å². The molecule has 1 rings (SSSR count). The fraction of sp³-hybridized carbons (Fsp3) is 0. The van der Waals surface area contributed by atoms with Crippen molar-refractivity contribution in [2.45, 2.75) is 4.90 Å². The minimum Gasteiger partial charge on any atom is -0.504 e. The summed E-state index contributed by atoms with van der Waals surface area (Å²) in [5, 5.41) is 27.1. The van der Waals surface area contributed by atoms with E-state index in [2.05, 4.69) is 0 Å². The van der Waals surface area contributed by atoms with Crippen LogP contribution >= 0.6 is 22.6 Å². The molecule has 0 heterocycles. The van der Waals surface area contributed by atoms with Crippen molar-refractivity contribution in [3.05, 3.63) is 9.64 Å². The molecule has 0 aliphatic carbocycles. The van der Waals surface area contributed by atoms with Crippen LogP contribution in [0.4, 0.5) is 0 Å². The summed E-state index contributed by atoms with van der Waals surface area (Å²) in [4.78, 5) is -0.826. The lowest BCUT2D eigenvalue weighted by Gasteiger charge is -2.07. The molecular weight excluding hydrogens is 327 g/mol. The summed E-state index contributed by atoms with van der Waals surface area (Å²) in [6.07, 6.45) is 0. The van der Waals surface area contributed by atoms with Crippen LogP contribution in [0.2, 0.25) is 0 Å². The number of halogens is 1. The number of phenols is 3. The minimum absolute atomic E-state index is 0.0992. The molecule has 78 valence electrons. The van der Waals surface area contributed by atoms with Crippen LogP contribution in [0.3, 0.4) is 0 Å². The van der Waals surface area contributed by atoms with Crippen LogP contribution < -0.4 is 0 Å². The first-order valence-electron chi connectivity index (χ1n) is 3.16. The predicted octanol–water partition coefficient (Wildman–Crippen LogP) is 0.655. The van der Waals surface area contributed by atoms with Gasteiger partial charge in [0.25, 0.3) is 10.1 Å². The Labute approximate surface area is 92.7 Å². The Balaban J connectivity index is 3.70. The molecular formula is C6H5IO6S. The van der Waals surface area contributed by atoms with Crippen molar-refractivity contribution in [2.24, 2.45) is 0 Å². The number of hydrogen-bond acceptors (Lipinski definition) is 5. The van der Waals surface area contributed by atoms with Gasteiger partial charge in [0, 0.05) is 3.57 Å². The van der Waals surface area contributed by atoms with Crippen molar-refractivity contribution in [3.8, 4) is 17.2 Å². The topological polar surface area (TPSA) is 115 Å². The predicted molar refractivity (Wildman–Crippen MR) is 54.0 cm³/mol. The zero-order chi connectivity index (χ0) is 11.1. The van der Waals surface area contributed by atoms with Crippen molar-refractivity contribution in [1.29, 1.82) is 0 Å². The molecule has 0 saturated carbocycles. The fourth-order valence-electron chi connectivity index (χ4n) is 0.841. The molecule has 6 nitrogen and oxygen atoms in total. The van der Waals surface area contributed by atoms with Gasteiger partial charge in [-0.25, -0.2) is 0 Å². The van der Waals surface area contributed by atoms with E-state index in [4.69, 9.17) is 19.9 Å². The first-order valence-corrected chi connectivity index (χ1v) is 5.68. The number of hydrogen-bond donors (Lipinski definition) is 4. The van der Waals surface area contributed by atoms with Gasteiger partial charge in [0.15, 0.2) is 16.4 Å². The van der Waals surface area contributed by atoms with Crippen LogP contribution in [0, 0.1) is 3.57 Å². The molecule has 8 heteroatoms. The number of rotatable bonds is 1. The highest BCUT2D eigenvalue weighted by Crippen LogP contribution is 2.42. The molecule has 0 bridgehead atoms. The fourth-order valence-corrected chi connectivity index (χ4v) is 2.87. The van der Waals surface area contributed by atoms with Crippen LogP contribution in [0.15, 0.2) is 11.0 Å². The highest BCUT2D eigenvalue weighted by molar-refractivity contribution is 14.1. The maximum Gasteiger partial charge on any atom is 0.299 e. The average Bonchev–Trinajstić information content (AvgIpc) is 1.97. The van der Waals surface area contributed by atoms with Gasteiger partial charge >= 0.3 is 0 Å². The van der Waals surface area contributed by atoms with E-state index in [0.29, 0.717) is 0 Å². The molecule has 0 spiro atoms. The monoisotopic (exact) mass is 332 g/mol. The molecule has 0 aliphatic rings. The summed E-state index contributed by atoms with van der Waals surface area (Å²) in [7, 11) is -4.63. The van der Waals surface area contributed by atoms with Gasteiger partial charge in [0.1, 0.15) is 0 Å². The minimum atomic E-state index is -4.63. The molecule has 0 radical (unpaired) electrons. The summed E-state index contributed by atoms with van der Waals surface area (Å²) >= 11 is 1.48. The van der Waals surface area contributed by atoms with Gasteiger partial charge in [-0.2, -0.15) is 8.42 Å². The second kappa shape index (κ2) is 3.44. The van der Waals surface area contributed by atoms with E-state index in [0.717, 1.165) is 6.07 Å². The summed E-state index contributed by atoms with van der Waals surface area (Å²) in [6, 6.07) is 0.902. The second-order valence-electron chi connectivity index (χ2n) is 2.38. The van der Waals surface area contributed by atoms with Gasteiger partial charge in [-0.3, -0.25) is 4.55 Å². The molecule has 0 unspecified atom stereocenters. The first-order chi connectivity index (χ1) is 6.25. The standard InChI is InChI=1S/C6H5IO6S/c7-2-1-3(8)4(9)5(10)6(2)14(11,12)13/h1,8-10H,(H,11,12,13). The van der Waals surface area contributed by atoms with E-state index in [1.807, 2.05) is 0 Å². The lowest BCUT2D eigenvalue weighted by atomic mass is 10.3. The molecule has 4 N–H and O–H groups in total. The van der Waals surface area contributed by atoms with E-state index in [1.54, 1.807) is 0 Å². The van der Waals surface area contributed by atoms with E-state index < -0.39 is 32.3 Å². The zero-order valence-electron chi connectivity index (χ0n) is 6.47. The maximum atomic E-state index is 10.7. The lowest BCUT2D eigenvalue weighted by Crippen LogP contribution is -2.01. The van der Waals surface area contributed by atoms with Crippen LogP contribution in [0.5, 0.6) is 17.2 Å². The van der Waals surface area contributed by atoms with Gasteiger partial charge < -0.3 is 15.3 Å². The Morgan fingerprint density at radius 2 is 1.64 bits per heavy atom.